The number of aromatic nitrogens is 1. The van der Waals surface area contributed by atoms with Gasteiger partial charge in [-0.15, -0.1) is 12.0 Å². The lowest BCUT2D eigenvalue weighted by Crippen LogP contribution is -2.22. The Morgan fingerprint density at radius 2 is 2.06 bits per heavy atom. The molecule has 1 aliphatic heterocycles. The zero-order valence-corrected chi connectivity index (χ0v) is 11.0. The Bertz CT molecular complexity index is 526. The molecule has 0 aliphatic carbocycles. The summed E-state index contributed by atoms with van der Waals surface area (Å²) in [6.45, 7) is 6.47. The van der Waals surface area contributed by atoms with Crippen molar-refractivity contribution in [3.05, 3.63) is 35.0 Å². The van der Waals surface area contributed by atoms with E-state index in [1.54, 1.807) is 0 Å². The van der Waals surface area contributed by atoms with Gasteiger partial charge in [0.05, 0.1) is 6.42 Å². The van der Waals surface area contributed by atoms with E-state index in [9.17, 15) is 4.79 Å². The van der Waals surface area contributed by atoms with Crippen LogP contribution in [-0.2, 0) is 10.2 Å². The number of hydrogen-bond donors (Lipinski definition) is 2. The molecule has 2 rings (SSSR count). The molecule has 2 heterocycles. The third-order valence-corrected chi connectivity index (χ3v) is 3.41. The number of hydrogen-bond acceptors (Lipinski definition) is 1. The van der Waals surface area contributed by atoms with E-state index >= 15 is 0 Å². The Morgan fingerprint density at radius 3 is 2.72 bits per heavy atom. The highest BCUT2D eigenvalue weighted by atomic mass is 16.4. The second-order valence-electron chi connectivity index (χ2n) is 5.56. The van der Waals surface area contributed by atoms with Crippen LogP contribution in [0.1, 0.15) is 37.1 Å². The van der Waals surface area contributed by atoms with Crippen LogP contribution in [0.2, 0.25) is 6.82 Å². The zero-order valence-electron chi connectivity index (χ0n) is 11.0. The summed E-state index contributed by atoms with van der Waals surface area (Å²) in [7, 11) is 0. The second-order valence-corrected chi connectivity index (χ2v) is 5.56. The summed E-state index contributed by atoms with van der Waals surface area (Å²) in [6.07, 6.45) is 6.22. The minimum atomic E-state index is -0.767. The third kappa shape index (κ3) is 2.42. The molecule has 3 nitrogen and oxygen atoms in total. The molecule has 0 bridgehead atoms. The summed E-state index contributed by atoms with van der Waals surface area (Å²) in [5.74, 6) is 3.50. The maximum absolute atomic E-state index is 11.0. The molecule has 1 aromatic heterocycles. The van der Waals surface area contributed by atoms with Gasteiger partial charge >= 0.3 is 5.97 Å². The van der Waals surface area contributed by atoms with Crippen LogP contribution in [0.3, 0.4) is 0 Å². The topological polar surface area (TPSA) is 53.1 Å². The van der Waals surface area contributed by atoms with E-state index in [-0.39, 0.29) is 11.8 Å². The zero-order chi connectivity index (χ0) is 13.3. The van der Waals surface area contributed by atoms with Crippen molar-refractivity contribution in [2.75, 3.05) is 0 Å². The Hall–Kier alpha value is -1.71. The van der Waals surface area contributed by atoms with Crippen molar-refractivity contribution in [3.63, 3.8) is 0 Å². The lowest BCUT2D eigenvalue weighted by atomic mass is 9.52. The normalized spacial score (nSPS) is 14.5. The highest BCUT2D eigenvalue weighted by Gasteiger charge is 2.28. The first-order valence-electron chi connectivity index (χ1n) is 6.20. The second kappa shape index (κ2) is 4.52. The van der Waals surface area contributed by atoms with E-state index in [1.807, 2.05) is 20.0 Å². The number of aliphatic carboxylic acids is 1. The Balaban J connectivity index is 2.43. The van der Waals surface area contributed by atoms with Crippen LogP contribution in [0.25, 0.3) is 12.2 Å². The summed E-state index contributed by atoms with van der Waals surface area (Å²) < 4.78 is 0. The van der Waals surface area contributed by atoms with Crippen molar-refractivity contribution in [2.24, 2.45) is 0 Å². The predicted octanol–water partition coefficient (Wildman–Crippen LogP) is 3.01. The maximum Gasteiger partial charge on any atom is 0.304 e. The van der Waals surface area contributed by atoms with E-state index in [0.717, 1.165) is 16.8 Å². The van der Waals surface area contributed by atoms with Gasteiger partial charge in [0.25, 0.3) is 0 Å². The molecule has 0 amide bonds. The van der Waals surface area contributed by atoms with Gasteiger partial charge in [0, 0.05) is 22.9 Å². The molecule has 94 valence electrons. The van der Waals surface area contributed by atoms with Gasteiger partial charge in [-0.05, 0) is 5.56 Å². The van der Waals surface area contributed by atoms with E-state index in [1.165, 1.54) is 0 Å². The maximum atomic E-state index is 11.0. The van der Waals surface area contributed by atoms with Crippen LogP contribution >= 0.6 is 0 Å². The van der Waals surface area contributed by atoms with Gasteiger partial charge in [0.15, 0.2) is 6.71 Å². The molecule has 2 N–H and O–H groups in total. The molecule has 4 heteroatoms. The molecule has 0 atom stereocenters. The Labute approximate surface area is 108 Å². The summed E-state index contributed by atoms with van der Waals surface area (Å²) in [6, 6.07) is 0. The van der Waals surface area contributed by atoms with Gasteiger partial charge in [0.1, 0.15) is 0 Å². The summed E-state index contributed by atoms with van der Waals surface area (Å²) in [5, 5.41) is 9.01. The van der Waals surface area contributed by atoms with Gasteiger partial charge in [-0.1, -0.05) is 32.8 Å². The first kappa shape index (κ1) is 12.7. The van der Waals surface area contributed by atoms with Gasteiger partial charge in [-0.2, -0.15) is 0 Å². The molecule has 0 saturated heterocycles. The summed E-state index contributed by atoms with van der Waals surface area (Å²) in [4.78, 5) is 14.2. The lowest BCUT2D eigenvalue weighted by molar-refractivity contribution is -0.138. The summed E-state index contributed by atoms with van der Waals surface area (Å²) in [5.41, 5.74) is 2.86. The van der Waals surface area contributed by atoms with E-state index in [4.69, 9.17) is 5.11 Å². The van der Waals surface area contributed by atoms with Crippen LogP contribution in [0.4, 0.5) is 0 Å². The van der Waals surface area contributed by atoms with Crippen molar-refractivity contribution in [1.82, 2.24) is 4.98 Å². The first-order chi connectivity index (χ1) is 8.40. The van der Waals surface area contributed by atoms with Crippen molar-refractivity contribution >= 4 is 24.8 Å². The van der Waals surface area contributed by atoms with E-state index in [2.05, 4.69) is 35.9 Å². The molecule has 0 unspecified atom stereocenters. The molecular formula is C14H18BNO2. The van der Waals surface area contributed by atoms with Crippen LogP contribution < -0.4 is 0 Å². The quantitative estimate of drug-likeness (QED) is 0.801. The highest BCUT2D eigenvalue weighted by Crippen LogP contribution is 2.33. The number of aromatic amines is 1. The number of nitrogens with one attached hydrogen (secondary N) is 1. The van der Waals surface area contributed by atoms with Gasteiger partial charge < -0.3 is 10.1 Å². The molecule has 0 radical (unpaired) electrons. The largest absolute Gasteiger partial charge is 0.481 e. The van der Waals surface area contributed by atoms with Crippen molar-refractivity contribution in [2.45, 2.75) is 32.5 Å². The molecule has 18 heavy (non-hydrogen) atoms. The first-order valence-corrected chi connectivity index (χ1v) is 6.20. The van der Waals surface area contributed by atoms with Gasteiger partial charge in [-0.3, -0.25) is 4.79 Å². The van der Waals surface area contributed by atoms with Gasteiger partial charge in [0.2, 0.25) is 0 Å². The minimum Gasteiger partial charge on any atom is -0.481 e. The number of fused-ring (bicyclic) bond motifs is 1. The Morgan fingerprint density at radius 1 is 1.39 bits per heavy atom. The van der Waals surface area contributed by atoms with Crippen molar-refractivity contribution < 1.29 is 9.90 Å². The molecule has 0 fully saturated rings. The van der Waals surface area contributed by atoms with Gasteiger partial charge in [-0.25, -0.2) is 0 Å². The summed E-state index contributed by atoms with van der Waals surface area (Å²) >= 11 is 0. The monoisotopic (exact) mass is 243 g/mol. The van der Waals surface area contributed by atoms with E-state index in [0.29, 0.717) is 6.71 Å². The molecule has 0 aromatic carbocycles. The lowest BCUT2D eigenvalue weighted by Gasteiger charge is -2.22. The predicted molar refractivity (Wildman–Crippen MR) is 75.8 cm³/mol. The highest BCUT2D eigenvalue weighted by molar-refractivity contribution is 6.69. The number of rotatable bonds is 3. The van der Waals surface area contributed by atoms with E-state index < -0.39 is 5.97 Å². The fraction of sp³-hybridized carbons (Fsp3) is 0.357. The third-order valence-electron chi connectivity index (χ3n) is 3.41. The van der Waals surface area contributed by atoms with Crippen LogP contribution in [0, 0.1) is 0 Å². The number of carbonyl (C=O) groups is 1. The fourth-order valence-electron chi connectivity index (χ4n) is 2.36. The molecule has 1 aromatic rings. The van der Waals surface area contributed by atoms with Crippen LogP contribution in [0.15, 0.2) is 18.1 Å². The number of carboxylic acids is 1. The van der Waals surface area contributed by atoms with Crippen LogP contribution in [-0.4, -0.2) is 22.8 Å². The van der Waals surface area contributed by atoms with Crippen LogP contribution in [0.5, 0.6) is 0 Å². The molecule has 0 spiro atoms. The SMILES string of the molecule is CB1C=Cc2[nH]cc(C(C)(C)CC(=O)O)c2C=C1. The average molecular weight is 243 g/mol. The molecule has 1 aliphatic rings. The van der Waals surface area contributed by atoms with Crippen molar-refractivity contribution in [3.8, 4) is 0 Å². The molecular weight excluding hydrogens is 225 g/mol. The van der Waals surface area contributed by atoms with Crippen molar-refractivity contribution in [1.29, 1.82) is 0 Å². The molecule has 0 saturated carbocycles. The fourth-order valence-corrected chi connectivity index (χ4v) is 2.36. The number of H-pyrrole nitrogens is 1. The number of carboxylic acid groups (broad SMARTS) is 1. The minimum absolute atomic E-state index is 0.129. The smallest absolute Gasteiger partial charge is 0.304 e. The Kier molecular flexibility index (Phi) is 3.20. The average Bonchev–Trinajstić information content (AvgIpc) is 2.57. The standard InChI is InChI=1S/C14H18BNO2/c1-14(2,8-13(17)18)11-9-16-12-5-7-15(3)6-4-10(11)12/h4-7,9,16H,8H2,1-3H3,(H,17,18).